The highest BCUT2D eigenvalue weighted by Gasteiger charge is 2.28. The van der Waals surface area contributed by atoms with Crippen molar-refractivity contribution in [2.75, 3.05) is 0 Å². The van der Waals surface area contributed by atoms with Crippen LogP contribution in [0.5, 0.6) is 5.75 Å². The quantitative estimate of drug-likeness (QED) is 0.705. The van der Waals surface area contributed by atoms with Gasteiger partial charge in [-0.15, -0.1) is 0 Å². The number of benzene rings is 1. The van der Waals surface area contributed by atoms with Crippen LogP contribution in [-0.2, 0) is 6.42 Å². The summed E-state index contributed by atoms with van der Waals surface area (Å²) in [5.74, 6) is -0.626. The van der Waals surface area contributed by atoms with Gasteiger partial charge in [0.1, 0.15) is 0 Å². The molecule has 1 aromatic heterocycles. The van der Waals surface area contributed by atoms with Crippen molar-refractivity contribution < 1.29 is 5.11 Å². The molecule has 0 bridgehead atoms. The molecule has 0 unspecified atom stereocenters. The Morgan fingerprint density at radius 1 is 1.05 bits per heavy atom. The zero-order valence-electron chi connectivity index (χ0n) is 11.9. The first-order valence-corrected chi connectivity index (χ1v) is 6.98. The molecule has 3 aromatic rings. The lowest BCUT2D eigenvalue weighted by Gasteiger charge is -2.04. The number of hydrogen-bond donors (Lipinski definition) is 2. The Kier molecular flexibility index (Phi) is 3.29. The maximum absolute atomic E-state index is 12.6. The molecule has 3 rings (SSSR count). The van der Waals surface area contributed by atoms with Crippen LogP contribution in [0.1, 0.15) is 19.0 Å². The molecule has 0 fully saturated rings. The average molecular weight is 298 g/mol. The molecular weight excluding hydrogens is 284 g/mol. The summed E-state index contributed by atoms with van der Waals surface area (Å²) >= 11 is 0. The van der Waals surface area contributed by atoms with E-state index >= 15 is 0 Å². The van der Waals surface area contributed by atoms with Gasteiger partial charge in [-0.25, -0.2) is 4.68 Å². The number of aromatic amines is 1. The Hall–Kier alpha value is -2.89. The number of aryl methyl sites for hydroxylation is 1. The molecule has 0 saturated heterocycles. The summed E-state index contributed by atoms with van der Waals surface area (Å²) in [5, 5.41) is 12.6. The third kappa shape index (κ3) is 1.92. The van der Waals surface area contributed by atoms with E-state index in [0.29, 0.717) is 17.8 Å². The van der Waals surface area contributed by atoms with Crippen LogP contribution in [0.3, 0.4) is 0 Å². The zero-order valence-corrected chi connectivity index (χ0v) is 11.9. The smallest absolute Gasteiger partial charge is 0.279 e. The van der Waals surface area contributed by atoms with Gasteiger partial charge in [0.2, 0.25) is 5.43 Å². The van der Waals surface area contributed by atoms with Crippen molar-refractivity contribution in [3.8, 4) is 22.6 Å². The molecule has 0 radical (unpaired) electrons. The molecule has 0 amide bonds. The van der Waals surface area contributed by atoms with Crippen molar-refractivity contribution in [1.82, 2.24) is 9.78 Å². The van der Waals surface area contributed by atoms with Gasteiger partial charge in [0.15, 0.2) is 5.75 Å². The van der Waals surface area contributed by atoms with E-state index in [-0.39, 0.29) is 11.1 Å². The number of nitrogens with one attached hydrogen (secondary N) is 1. The third-order valence-corrected chi connectivity index (χ3v) is 3.62. The number of rotatable bonds is 4. The number of nitrogens with zero attached hydrogens (tertiary/aromatic N) is 1. The number of aromatic nitrogens is 2. The highest BCUT2D eigenvalue weighted by Crippen LogP contribution is 2.25. The van der Waals surface area contributed by atoms with Gasteiger partial charge in [-0.05, 0) is 18.6 Å². The minimum Gasteiger partial charge on any atom is -0.503 e. The summed E-state index contributed by atoms with van der Waals surface area (Å²) in [5.41, 5.74) is -1.13. The van der Waals surface area contributed by atoms with Gasteiger partial charge in [-0.2, -0.15) is 0 Å². The zero-order chi connectivity index (χ0) is 15.9. The maximum atomic E-state index is 12.6. The molecule has 1 heterocycles. The number of hydrogen-bond acceptors (Lipinski definition) is 4. The summed E-state index contributed by atoms with van der Waals surface area (Å²) in [4.78, 5) is 35.5. The standard InChI is InChI=1S/C16H14N2O4/c1-2-6-10-11(12-13(19)15(21)14(12)20)16(22)18(17-10)9-7-4-3-5-8-9/h3-5,7-8,17,19H,2,6H2,1H3. The Bertz CT molecular complexity index is 957. The lowest BCUT2D eigenvalue weighted by molar-refractivity contribution is 0.465. The van der Waals surface area contributed by atoms with Gasteiger partial charge in [0.25, 0.3) is 11.0 Å². The van der Waals surface area contributed by atoms with Crippen LogP contribution in [0.25, 0.3) is 16.8 Å². The van der Waals surface area contributed by atoms with E-state index in [4.69, 9.17) is 0 Å². The number of para-hydroxylation sites is 1. The van der Waals surface area contributed by atoms with Crippen LogP contribution in [-0.4, -0.2) is 14.9 Å². The van der Waals surface area contributed by atoms with E-state index in [1.54, 1.807) is 24.3 Å². The second kappa shape index (κ2) is 5.14. The minimum atomic E-state index is -0.940. The van der Waals surface area contributed by atoms with Gasteiger partial charge in [-0.1, -0.05) is 31.5 Å². The van der Waals surface area contributed by atoms with Gasteiger partial charge < -0.3 is 5.11 Å². The molecule has 0 aliphatic carbocycles. The summed E-state index contributed by atoms with van der Waals surface area (Å²) in [6, 6.07) is 8.90. The fourth-order valence-corrected chi connectivity index (χ4v) is 2.54. The molecule has 2 aromatic carbocycles. The van der Waals surface area contributed by atoms with Crippen molar-refractivity contribution in [3.05, 3.63) is 66.8 Å². The predicted octanol–water partition coefficient (Wildman–Crippen LogP) is 1.09. The van der Waals surface area contributed by atoms with Crippen LogP contribution >= 0.6 is 0 Å². The largest absolute Gasteiger partial charge is 0.503 e. The summed E-state index contributed by atoms with van der Waals surface area (Å²) in [6.45, 7) is 1.93. The molecule has 6 heteroatoms. The monoisotopic (exact) mass is 298 g/mol. The maximum Gasteiger partial charge on any atom is 0.279 e. The van der Waals surface area contributed by atoms with Crippen molar-refractivity contribution in [2.24, 2.45) is 0 Å². The molecule has 0 atom stereocenters. The molecule has 112 valence electrons. The van der Waals surface area contributed by atoms with E-state index in [2.05, 4.69) is 5.10 Å². The Morgan fingerprint density at radius 3 is 2.32 bits per heavy atom. The first-order valence-electron chi connectivity index (χ1n) is 6.98. The summed E-state index contributed by atoms with van der Waals surface area (Å²) in [7, 11) is 0. The highest BCUT2D eigenvalue weighted by atomic mass is 16.3. The lowest BCUT2D eigenvalue weighted by atomic mass is 9.99. The van der Waals surface area contributed by atoms with Crippen LogP contribution in [0.15, 0.2) is 44.7 Å². The fraction of sp³-hybridized carbons (Fsp3) is 0.188. The fourth-order valence-electron chi connectivity index (χ4n) is 2.54. The Morgan fingerprint density at radius 2 is 1.73 bits per heavy atom. The van der Waals surface area contributed by atoms with Crippen molar-refractivity contribution in [2.45, 2.75) is 19.8 Å². The molecule has 22 heavy (non-hydrogen) atoms. The van der Waals surface area contributed by atoms with Crippen LogP contribution in [0.4, 0.5) is 0 Å². The lowest BCUT2D eigenvalue weighted by Crippen LogP contribution is -2.33. The molecule has 0 aliphatic rings. The van der Waals surface area contributed by atoms with Gasteiger partial charge >= 0.3 is 0 Å². The van der Waals surface area contributed by atoms with E-state index in [1.165, 1.54) is 4.68 Å². The van der Waals surface area contributed by atoms with Gasteiger partial charge in [0, 0.05) is 5.69 Å². The second-order valence-electron chi connectivity index (χ2n) is 5.07. The van der Waals surface area contributed by atoms with Crippen molar-refractivity contribution in [1.29, 1.82) is 0 Å². The predicted molar refractivity (Wildman–Crippen MR) is 82.4 cm³/mol. The van der Waals surface area contributed by atoms with Crippen LogP contribution in [0.2, 0.25) is 0 Å². The molecule has 6 nitrogen and oxygen atoms in total. The molecular formula is C16H14N2O4. The van der Waals surface area contributed by atoms with Gasteiger partial charge in [-0.3, -0.25) is 19.5 Å². The highest BCUT2D eigenvalue weighted by molar-refractivity contribution is 5.75. The SMILES string of the molecule is CCCc1[nH]n(-c2ccccc2)c(=O)c1-c1c(O)c(=O)c1=O. The first kappa shape index (κ1) is 14.1. The minimum absolute atomic E-state index is 0.0906. The average Bonchev–Trinajstić information content (AvgIpc) is 2.85. The molecule has 2 N–H and O–H groups in total. The van der Waals surface area contributed by atoms with Crippen LogP contribution < -0.4 is 16.4 Å². The summed E-state index contributed by atoms with van der Waals surface area (Å²) < 4.78 is 1.32. The first-order chi connectivity index (χ1) is 10.6. The van der Waals surface area contributed by atoms with E-state index < -0.39 is 22.2 Å². The van der Waals surface area contributed by atoms with E-state index in [9.17, 15) is 19.5 Å². The van der Waals surface area contributed by atoms with Gasteiger partial charge in [0.05, 0.1) is 16.8 Å². The molecule has 0 aliphatic heterocycles. The Labute approximate surface area is 125 Å². The van der Waals surface area contributed by atoms with E-state index in [1.807, 2.05) is 13.0 Å². The second-order valence-corrected chi connectivity index (χ2v) is 5.07. The van der Waals surface area contributed by atoms with Crippen molar-refractivity contribution >= 4 is 0 Å². The molecule has 0 saturated carbocycles. The van der Waals surface area contributed by atoms with Crippen molar-refractivity contribution in [3.63, 3.8) is 0 Å². The third-order valence-electron chi connectivity index (χ3n) is 3.62. The normalized spacial score (nSPS) is 11.1. The van der Waals surface area contributed by atoms with Crippen LogP contribution in [0, 0.1) is 0 Å². The summed E-state index contributed by atoms with van der Waals surface area (Å²) in [6.07, 6.45) is 1.28. The molecule has 0 spiro atoms. The number of aromatic hydroxyl groups is 1. The number of H-pyrrole nitrogens is 1. The Balaban J connectivity index is 2.27. The topological polar surface area (TPSA) is 92.2 Å². The van der Waals surface area contributed by atoms with E-state index in [0.717, 1.165) is 6.42 Å².